The lowest BCUT2D eigenvalue weighted by Gasteiger charge is -2.28. The average molecular weight is 238 g/mol. The number of aliphatic hydroxyl groups is 1. The predicted molar refractivity (Wildman–Crippen MR) is 68.8 cm³/mol. The summed E-state index contributed by atoms with van der Waals surface area (Å²) < 4.78 is 0. The van der Waals surface area contributed by atoms with Crippen LogP contribution in [-0.2, 0) is 6.54 Å². The van der Waals surface area contributed by atoms with Gasteiger partial charge in [0.25, 0.3) is 0 Å². The van der Waals surface area contributed by atoms with Crippen LogP contribution in [0.3, 0.4) is 0 Å². The molecule has 1 aromatic heterocycles. The van der Waals surface area contributed by atoms with Crippen molar-refractivity contribution in [1.82, 2.24) is 9.97 Å². The van der Waals surface area contributed by atoms with Crippen LogP contribution in [0.25, 0.3) is 0 Å². The van der Waals surface area contributed by atoms with Crippen molar-refractivity contribution in [2.75, 3.05) is 18.0 Å². The number of aromatic nitrogens is 2. The smallest absolute Gasteiger partial charge is 0.225 e. The van der Waals surface area contributed by atoms with Crippen molar-refractivity contribution in [2.45, 2.75) is 39.8 Å². The number of anilines is 1. The first-order valence-electron chi connectivity index (χ1n) is 5.87. The fourth-order valence-electron chi connectivity index (χ4n) is 1.65. The van der Waals surface area contributed by atoms with E-state index in [1.54, 1.807) is 13.8 Å². The lowest BCUT2D eigenvalue weighted by molar-refractivity contribution is 0.0872. The van der Waals surface area contributed by atoms with Gasteiger partial charge < -0.3 is 15.7 Å². The summed E-state index contributed by atoms with van der Waals surface area (Å²) in [5.41, 5.74) is 6.54. The van der Waals surface area contributed by atoms with Gasteiger partial charge in [-0.3, -0.25) is 0 Å². The summed E-state index contributed by atoms with van der Waals surface area (Å²) in [6, 6.07) is 1.88. The molecule has 0 spiro atoms. The van der Waals surface area contributed by atoms with E-state index in [0.29, 0.717) is 19.0 Å². The molecule has 0 aromatic carbocycles. The minimum Gasteiger partial charge on any atom is -0.389 e. The molecule has 17 heavy (non-hydrogen) atoms. The van der Waals surface area contributed by atoms with E-state index < -0.39 is 5.60 Å². The molecular formula is C12H22N4O. The topological polar surface area (TPSA) is 75.3 Å². The number of hydrogen-bond acceptors (Lipinski definition) is 5. The normalized spacial score (nSPS) is 11.6. The fourth-order valence-corrected chi connectivity index (χ4v) is 1.65. The minimum absolute atomic E-state index is 0.399. The second-order valence-corrected chi connectivity index (χ2v) is 4.83. The Balaban J connectivity index is 2.99. The number of nitrogens with zero attached hydrogens (tertiary/aromatic N) is 3. The predicted octanol–water partition coefficient (Wildman–Crippen LogP) is 0.841. The van der Waals surface area contributed by atoms with Crippen LogP contribution in [0.2, 0.25) is 0 Å². The van der Waals surface area contributed by atoms with E-state index in [1.165, 1.54) is 0 Å². The third-order valence-corrected chi connectivity index (χ3v) is 2.35. The highest BCUT2D eigenvalue weighted by Gasteiger charge is 2.19. The number of likely N-dealkylation sites (N-methyl/N-ethyl adjacent to an activating group) is 1. The highest BCUT2D eigenvalue weighted by Crippen LogP contribution is 2.13. The first-order chi connectivity index (χ1) is 7.85. The summed E-state index contributed by atoms with van der Waals surface area (Å²) in [7, 11) is 0. The molecule has 0 aliphatic carbocycles. The van der Waals surface area contributed by atoms with E-state index in [9.17, 15) is 5.11 Å². The quantitative estimate of drug-likeness (QED) is 0.795. The van der Waals surface area contributed by atoms with Gasteiger partial charge in [-0.05, 0) is 33.8 Å². The Labute approximate surface area is 103 Å². The Morgan fingerprint density at radius 1 is 1.41 bits per heavy atom. The van der Waals surface area contributed by atoms with Crippen LogP contribution in [0, 0.1) is 6.92 Å². The molecule has 0 atom stereocenters. The molecule has 5 nitrogen and oxygen atoms in total. The van der Waals surface area contributed by atoms with Gasteiger partial charge in [0, 0.05) is 25.3 Å². The minimum atomic E-state index is -0.772. The maximum Gasteiger partial charge on any atom is 0.225 e. The van der Waals surface area contributed by atoms with Crippen molar-refractivity contribution < 1.29 is 5.11 Å². The zero-order chi connectivity index (χ0) is 13.1. The van der Waals surface area contributed by atoms with E-state index in [4.69, 9.17) is 5.73 Å². The Morgan fingerprint density at radius 2 is 2.06 bits per heavy atom. The summed E-state index contributed by atoms with van der Waals surface area (Å²) >= 11 is 0. The molecule has 0 radical (unpaired) electrons. The lowest BCUT2D eigenvalue weighted by atomic mass is 10.1. The first kappa shape index (κ1) is 13.9. The van der Waals surface area contributed by atoms with Crippen molar-refractivity contribution in [2.24, 2.45) is 5.73 Å². The monoisotopic (exact) mass is 238 g/mol. The molecule has 3 N–H and O–H groups in total. The molecule has 0 fully saturated rings. The van der Waals surface area contributed by atoms with Crippen LogP contribution >= 0.6 is 0 Å². The van der Waals surface area contributed by atoms with E-state index in [1.807, 2.05) is 24.8 Å². The molecular weight excluding hydrogens is 216 g/mol. The van der Waals surface area contributed by atoms with Gasteiger partial charge in [-0.25, -0.2) is 9.97 Å². The van der Waals surface area contributed by atoms with Gasteiger partial charge in [0.15, 0.2) is 0 Å². The SMILES string of the molecule is CCN(CC(C)(C)O)c1nc(C)cc(CN)n1. The first-order valence-corrected chi connectivity index (χ1v) is 5.87. The summed E-state index contributed by atoms with van der Waals surface area (Å²) in [4.78, 5) is 10.7. The number of hydrogen-bond donors (Lipinski definition) is 2. The third kappa shape index (κ3) is 4.28. The fraction of sp³-hybridized carbons (Fsp3) is 0.667. The number of nitrogens with two attached hydrogens (primary N) is 1. The van der Waals surface area contributed by atoms with Crippen molar-refractivity contribution >= 4 is 5.95 Å². The van der Waals surface area contributed by atoms with Crippen LogP contribution in [0.5, 0.6) is 0 Å². The zero-order valence-electron chi connectivity index (χ0n) is 11.1. The second kappa shape index (κ2) is 5.42. The van der Waals surface area contributed by atoms with Crippen molar-refractivity contribution in [3.63, 3.8) is 0 Å². The van der Waals surface area contributed by atoms with Gasteiger partial charge >= 0.3 is 0 Å². The second-order valence-electron chi connectivity index (χ2n) is 4.83. The van der Waals surface area contributed by atoms with Crippen molar-refractivity contribution in [3.8, 4) is 0 Å². The summed E-state index contributed by atoms with van der Waals surface area (Å²) in [6.45, 7) is 9.12. The number of rotatable bonds is 5. The molecule has 0 saturated heterocycles. The Hall–Kier alpha value is -1.20. The highest BCUT2D eigenvalue weighted by atomic mass is 16.3. The highest BCUT2D eigenvalue weighted by molar-refractivity contribution is 5.32. The molecule has 0 saturated carbocycles. The van der Waals surface area contributed by atoms with Gasteiger partial charge in [0.05, 0.1) is 11.3 Å². The van der Waals surface area contributed by atoms with E-state index in [2.05, 4.69) is 9.97 Å². The van der Waals surface area contributed by atoms with Crippen molar-refractivity contribution in [3.05, 3.63) is 17.5 Å². The molecule has 0 aliphatic heterocycles. The molecule has 96 valence electrons. The van der Waals surface area contributed by atoms with E-state index in [-0.39, 0.29) is 0 Å². The number of aryl methyl sites for hydroxylation is 1. The van der Waals surface area contributed by atoms with Crippen molar-refractivity contribution in [1.29, 1.82) is 0 Å². The maximum absolute atomic E-state index is 9.85. The van der Waals surface area contributed by atoms with E-state index in [0.717, 1.165) is 17.9 Å². The standard InChI is InChI=1S/C12H22N4O/c1-5-16(8-12(3,4)17)11-14-9(2)6-10(7-13)15-11/h6,17H,5,7-8,13H2,1-4H3. The largest absolute Gasteiger partial charge is 0.389 e. The molecule has 0 aliphatic rings. The summed E-state index contributed by atoms with van der Waals surface area (Å²) in [5, 5.41) is 9.85. The lowest BCUT2D eigenvalue weighted by Crippen LogP contribution is -2.39. The molecule has 1 rings (SSSR count). The van der Waals surface area contributed by atoms with E-state index >= 15 is 0 Å². The van der Waals surface area contributed by atoms with Gasteiger partial charge in [-0.2, -0.15) is 0 Å². The molecule has 1 heterocycles. The maximum atomic E-state index is 9.85. The average Bonchev–Trinajstić information content (AvgIpc) is 2.23. The molecule has 0 amide bonds. The van der Waals surface area contributed by atoms with Crippen LogP contribution in [-0.4, -0.2) is 33.8 Å². The van der Waals surface area contributed by atoms with Gasteiger partial charge in [0.2, 0.25) is 5.95 Å². The Morgan fingerprint density at radius 3 is 2.53 bits per heavy atom. The summed E-state index contributed by atoms with van der Waals surface area (Å²) in [5.74, 6) is 0.634. The Bertz CT molecular complexity index is 373. The zero-order valence-corrected chi connectivity index (χ0v) is 11.1. The summed E-state index contributed by atoms with van der Waals surface area (Å²) in [6.07, 6.45) is 0. The third-order valence-electron chi connectivity index (χ3n) is 2.35. The van der Waals surface area contributed by atoms with Crippen LogP contribution < -0.4 is 10.6 Å². The molecule has 0 unspecified atom stereocenters. The van der Waals surface area contributed by atoms with Crippen LogP contribution in [0.1, 0.15) is 32.2 Å². The van der Waals surface area contributed by atoms with Gasteiger partial charge in [-0.1, -0.05) is 0 Å². The molecule has 0 bridgehead atoms. The Kier molecular flexibility index (Phi) is 4.42. The van der Waals surface area contributed by atoms with Gasteiger partial charge in [-0.15, -0.1) is 0 Å². The van der Waals surface area contributed by atoms with Crippen LogP contribution in [0.15, 0.2) is 6.07 Å². The van der Waals surface area contributed by atoms with Gasteiger partial charge in [0.1, 0.15) is 0 Å². The molecule has 5 heteroatoms. The van der Waals surface area contributed by atoms with Crippen LogP contribution in [0.4, 0.5) is 5.95 Å². The molecule has 1 aromatic rings.